The third kappa shape index (κ3) is 3.42. The summed E-state index contributed by atoms with van der Waals surface area (Å²) in [6, 6.07) is 26.6. The Bertz CT molecular complexity index is 1680. The lowest BCUT2D eigenvalue weighted by atomic mass is 9.78. The minimum Gasteiger partial charge on any atom is -0.399 e. The van der Waals surface area contributed by atoms with Crippen LogP contribution in [0.25, 0.3) is 48.9 Å². The first-order valence-corrected chi connectivity index (χ1v) is 13.3. The molecule has 1 fully saturated rings. The van der Waals surface area contributed by atoms with Gasteiger partial charge in [-0.2, -0.15) is 0 Å². The van der Waals surface area contributed by atoms with Crippen LogP contribution in [0.1, 0.15) is 55.4 Å². The van der Waals surface area contributed by atoms with Gasteiger partial charge in [-0.1, -0.05) is 82.3 Å². The van der Waals surface area contributed by atoms with Gasteiger partial charge in [-0.05, 0) is 62.1 Å². The summed E-state index contributed by atoms with van der Waals surface area (Å²) in [6.07, 6.45) is 0. The van der Waals surface area contributed by atoms with Crippen molar-refractivity contribution in [3.05, 3.63) is 72.8 Å². The number of benzene rings is 4. The molecule has 1 saturated heterocycles. The minimum atomic E-state index is -0.353. The standard InChI is InChI=1S/C28H24BNO2.2C2H6/c1-27(2)28(3,4)32-29(31-27)19-13-12-17-15-23-22-10-7-9-21-20-8-5-6-11-24(20)30(26(21)22)25(23)16-18(17)14-19;2*1-2/h5-16H,1-4H3;2*1-2H3. The predicted molar refractivity (Wildman–Crippen MR) is 157 cm³/mol. The van der Waals surface area contributed by atoms with Crippen LogP contribution in [0.3, 0.4) is 0 Å². The smallest absolute Gasteiger partial charge is 0.399 e. The summed E-state index contributed by atoms with van der Waals surface area (Å²) >= 11 is 0. The van der Waals surface area contributed by atoms with E-state index in [1.165, 1.54) is 48.9 Å². The van der Waals surface area contributed by atoms with E-state index in [2.05, 4.69) is 105 Å². The zero-order valence-electron chi connectivity index (χ0n) is 22.8. The van der Waals surface area contributed by atoms with Crippen molar-refractivity contribution in [3.8, 4) is 0 Å². The summed E-state index contributed by atoms with van der Waals surface area (Å²) in [4.78, 5) is 0. The molecule has 0 N–H and O–H groups in total. The topological polar surface area (TPSA) is 22.9 Å². The maximum Gasteiger partial charge on any atom is 0.494 e. The Morgan fingerprint density at radius 3 is 1.89 bits per heavy atom. The molecule has 6 aromatic rings. The Hall–Kier alpha value is -3.08. The second-order valence-electron chi connectivity index (χ2n) is 10.1. The van der Waals surface area contributed by atoms with E-state index in [0.717, 1.165) is 5.46 Å². The van der Waals surface area contributed by atoms with Gasteiger partial charge in [0.25, 0.3) is 0 Å². The average Bonchev–Trinajstić information content (AvgIpc) is 3.48. The SMILES string of the molecule is CC.CC.CC1(C)OB(c2ccc3cc4c5cccc6c7ccccc7n(c4cc3c2)c65)OC1(C)C. The number of rotatable bonds is 1. The van der Waals surface area contributed by atoms with Gasteiger partial charge < -0.3 is 13.7 Å². The van der Waals surface area contributed by atoms with Crippen molar-refractivity contribution in [3.63, 3.8) is 0 Å². The second kappa shape index (κ2) is 8.79. The average molecular weight is 477 g/mol. The van der Waals surface area contributed by atoms with Crippen molar-refractivity contribution in [2.75, 3.05) is 0 Å². The second-order valence-corrected chi connectivity index (χ2v) is 10.1. The quantitative estimate of drug-likeness (QED) is 0.222. The summed E-state index contributed by atoms with van der Waals surface area (Å²) < 4.78 is 15.0. The van der Waals surface area contributed by atoms with E-state index < -0.39 is 0 Å². The first-order valence-electron chi connectivity index (χ1n) is 13.3. The minimum absolute atomic E-state index is 0.345. The summed E-state index contributed by atoms with van der Waals surface area (Å²) in [5, 5.41) is 7.67. The maximum atomic E-state index is 6.31. The Labute approximate surface area is 214 Å². The van der Waals surface area contributed by atoms with Gasteiger partial charge in [-0.25, -0.2) is 0 Å². The fourth-order valence-corrected chi connectivity index (χ4v) is 5.32. The van der Waals surface area contributed by atoms with Crippen LogP contribution in [-0.2, 0) is 9.31 Å². The van der Waals surface area contributed by atoms with Gasteiger partial charge in [-0.3, -0.25) is 0 Å². The monoisotopic (exact) mass is 477 g/mol. The van der Waals surface area contributed by atoms with Crippen molar-refractivity contribution in [1.82, 2.24) is 4.40 Å². The molecule has 184 valence electrons. The van der Waals surface area contributed by atoms with Gasteiger partial charge in [0.15, 0.2) is 0 Å². The molecule has 4 aromatic carbocycles. The van der Waals surface area contributed by atoms with Crippen LogP contribution in [-0.4, -0.2) is 22.7 Å². The summed E-state index contributed by atoms with van der Waals surface area (Å²) in [5.74, 6) is 0. The molecule has 2 aromatic heterocycles. The van der Waals surface area contributed by atoms with Crippen molar-refractivity contribution in [2.45, 2.75) is 66.6 Å². The predicted octanol–water partition coefficient (Wildman–Crippen LogP) is 8.34. The van der Waals surface area contributed by atoms with E-state index in [0.29, 0.717) is 0 Å². The van der Waals surface area contributed by atoms with Gasteiger partial charge in [-0.15, -0.1) is 0 Å². The molecule has 1 aliphatic heterocycles. The fraction of sp³-hybridized carbons (Fsp3) is 0.312. The molecule has 36 heavy (non-hydrogen) atoms. The maximum absolute atomic E-state index is 6.31. The highest BCUT2D eigenvalue weighted by Crippen LogP contribution is 2.40. The molecular formula is C32H36BNO2. The molecule has 0 aliphatic carbocycles. The first kappa shape index (κ1) is 24.6. The lowest BCUT2D eigenvalue weighted by Crippen LogP contribution is -2.41. The van der Waals surface area contributed by atoms with Crippen LogP contribution >= 0.6 is 0 Å². The highest BCUT2D eigenvalue weighted by Gasteiger charge is 2.51. The zero-order valence-corrected chi connectivity index (χ0v) is 22.8. The molecule has 0 amide bonds. The van der Waals surface area contributed by atoms with E-state index in [4.69, 9.17) is 9.31 Å². The third-order valence-electron chi connectivity index (χ3n) is 7.73. The first-order chi connectivity index (χ1) is 17.3. The van der Waals surface area contributed by atoms with Gasteiger partial charge in [0.05, 0.1) is 27.8 Å². The van der Waals surface area contributed by atoms with Gasteiger partial charge >= 0.3 is 7.12 Å². The Morgan fingerprint density at radius 2 is 1.19 bits per heavy atom. The summed E-state index contributed by atoms with van der Waals surface area (Å²) in [5.41, 5.74) is 4.19. The van der Waals surface area contributed by atoms with E-state index in [1.807, 2.05) is 27.7 Å². The lowest BCUT2D eigenvalue weighted by Gasteiger charge is -2.32. The molecule has 0 spiro atoms. The summed E-state index contributed by atoms with van der Waals surface area (Å²) in [6.45, 7) is 16.4. The number of fused-ring (bicyclic) bond motifs is 7. The van der Waals surface area contributed by atoms with Gasteiger partial charge in [0.2, 0.25) is 0 Å². The van der Waals surface area contributed by atoms with E-state index >= 15 is 0 Å². The van der Waals surface area contributed by atoms with Crippen molar-refractivity contribution in [1.29, 1.82) is 0 Å². The molecule has 3 heterocycles. The Balaban J connectivity index is 0.000000637. The lowest BCUT2D eigenvalue weighted by molar-refractivity contribution is 0.00578. The molecule has 4 heteroatoms. The molecule has 3 nitrogen and oxygen atoms in total. The van der Waals surface area contributed by atoms with Gasteiger partial charge in [0.1, 0.15) is 0 Å². The highest BCUT2D eigenvalue weighted by atomic mass is 16.7. The zero-order chi connectivity index (χ0) is 25.8. The number of nitrogens with zero attached hydrogens (tertiary/aromatic N) is 1. The molecule has 0 saturated carbocycles. The van der Waals surface area contributed by atoms with Crippen molar-refractivity contribution in [2.24, 2.45) is 0 Å². The van der Waals surface area contributed by atoms with Crippen molar-refractivity contribution >= 4 is 61.4 Å². The van der Waals surface area contributed by atoms with E-state index in [-0.39, 0.29) is 18.3 Å². The van der Waals surface area contributed by atoms with Crippen molar-refractivity contribution < 1.29 is 9.31 Å². The molecule has 0 unspecified atom stereocenters. The summed E-state index contributed by atoms with van der Waals surface area (Å²) in [7, 11) is -0.353. The largest absolute Gasteiger partial charge is 0.494 e. The Kier molecular flexibility index (Phi) is 6.01. The van der Waals surface area contributed by atoms with E-state index in [9.17, 15) is 0 Å². The third-order valence-corrected chi connectivity index (χ3v) is 7.73. The number of aromatic nitrogens is 1. The molecule has 0 radical (unpaired) electrons. The molecule has 0 atom stereocenters. The number of hydrogen-bond acceptors (Lipinski definition) is 2. The highest BCUT2D eigenvalue weighted by molar-refractivity contribution is 6.62. The van der Waals surface area contributed by atoms with Gasteiger partial charge in [0, 0.05) is 21.5 Å². The molecular weight excluding hydrogens is 441 g/mol. The number of para-hydroxylation sites is 2. The normalized spacial score (nSPS) is 16.5. The van der Waals surface area contributed by atoms with Crippen LogP contribution in [0.15, 0.2) is 72.8 Å². The van der Waals surface area contributed by atoms with E-state index in [1.54, 1.807) is 0 Å². The molecule has 0 bridgehead atoms. The van der Waals surface area contributed by atoms with Crippen LogP contribution < -0.4 is 5.46 Å². The molecule has 1 aliphatic rings. The van der Waals surface area contributed by atoms with Crippen LogP contribution in [0.5, 0.6) is 0 Å². The van der Waals surface area contributed by atoms with Crippen LogP contribution in [0.4, 0.5) is 0 Å². The van der Waals surface area contributed by atoms with Crippen LogP contribution in [0.2, 0.25) is 0 Å². The molecule has 7 rings (SSSR count). The fourth-order valence-electron chi connectivity index (χ4n) is 5.32. The Morgan fingerprint density at radius 1 is 0.583 bits per heavy atom. The van der Waals surface area contributed by atoms with Crippen LogP contribution in [0, 0.1) is 0 Å². The number of hydrogen-bond donors (Lipinski definition) is 0.